The molecule has 21 heavy (non-hydrogen) atoms. The van der Waals surface area contributed by atoms with Gasteiger partial charge in [0, 0.05) is 36.8 Å². The summed E-state index contributed by atoms with van der Waals surface area (Å²) in [4.78, 5) is 14.5. The van der Waals surface area contributed by atoms with Crippen molar-refractivity contribution in [3.63, 3.8) is 0 Å². The first-order valence-corrected chi connectivity index (χ1v) is 7.69. The number of nitrogens with zero attached hydrogens (tertiary/aromatic N) is 2. The minimum absolute atomic E-state index is 0.0354. The van der Waals surface area contributed by atoms with Crippen molar-refractivity contribution in [2.75, 3.05) is 25.5 Å². The van der Waals surface area contributed by atoms with Gasteiger partial charge in [-0.15, -0.1) is 0 Å². The predicted molar refractivity (Wildman–Crippen MR) is 87.9 cm³/mol. The number of para-hydroxylation sites is 1. The maximum absolute atomic E-state index is 12.1. The van der Waals surface area contributed by atoms with E-state index in [-0.39, 0.29) is 5.56 Å². The van der Waals surface area contributed by atoms with Crippen LogP contribution >= 0.6 is 0 Å². The van der Waals surface area contributed by atoms with Crippen LogP contribution in [0, 0.1) is 0 Å². The molecule has 0 amide bonds. The van der Waals surface area contributed by atoms with Gasteiger partial charge in [-0.1, -0.05) is 24.6 Å². The molecule has 2 heterocycles. The summed E-state index contributed by atoms with van der Waals surface area (Å²) in [6, 6.07) is 10.3. The maximum atomic E-state index is 12.1. The second-order valence-electron chi connectivity index (χ2n) is 5.98. The molecule has 1 aliphatic rings. The van der Waals surface area contributed by atoms with Crippen molar-refractivity contribution >= 4 is 16.6 Å². The van der Waals surface area contributed by atoms with Crippen molar-refractivity contribution in [1.29, 1.82) is 0 Å². The lowest BCUT2D eigenvalue weighted by Gasteiger charge is -2.32. The standard InChI is InChI=1S/C17H23N3O/c1-19-10-6-5-7-13(19)12-18-15-11-17(21)20(2)16-9-4-3-8-14(15)16/h3-4,8-9,11,13,18H,5-7,10,12H2,1-2H3. The van der Waals surface area contributed by atoms with Crippen molar-refractivity contribution in [3.8, 4) is 0 Å². The lowest BCUT2D eigenvalue weighted by Crippen LogP contribution is -2.40. The number of aromatic nitrogens is 1. The molecule has 1 N–H and O–H groups in total. The van der Waals surface area contributed by atoms with Crippen LogP contribution in [-0.2, 0) is 7.05 Å². The van der Waals surface area contributed by atoms with Crippen LogP contribution in [0.25, 0.3) is 10.9 Å². The highest BCUT2D eigenvalue weighted by Gasteiger charge is 2.18. The topological polar surface area (TPSA) is 37.3 Å². The number of anilines is 1. The van der Waals surface area contributed by atoms with Crippen LogP contribution in [0.2, 0.25) is 0 Å². The first-order valence-electron chi connectivity index (χ1n) is 7.69. The lowest BCUT2D eigenvalue weighted by atomic mass is 10.0. The molecule has 4 nitrogen and oxygen atoms in total. The number of pyridine rings is 1. The minimum Gasteiger partial charge on any atom is -0.383 e. The molecule has 0 saturated carbocycles. The summed E-state index contributed by atoms with van der Waals surface area (Å²) in [5.74, 6) is 0. The molecule has 1 fully saturated rings. The van der Waals surface area contributed by atoms with Gasteiger partial charge >= 0.3 is 0 Å². The van der Waals surface area contributed by atoms with Crippen LogP contribution in [0.4, 0.5) is 5.69 Å². The first-order chi connectivity index (χ1) is 10.2. The fourth-order valence-electron chi connectivity index (χ4n) is 3.19. The Morgan fingerprint density at radius 2 is 2.05 bits per heavy atom. The average molecular weight is 285 g/mol. The molecule has 1 aromatic carbocycles. The van der Waals surface area contributed by atoms with Gasteiger partial charge in [0.05, 0.1) is 5.52 Å². The van der Waals surface area contributed by atoms with Gasteiger partial charge in [0.1, 0.15) is 0 Å². The van der Waals surface area contributed by atoms with Crippen molar-refractivity contribution in [2.45, 2.75) is 25.3 Å². The van der Waals surface area contributed by atoms with E-state index in [0.717, 1.165) is 23.1 Å². The second-order valence-corrected chi connectivity index (χ2v) is 5.98. The van der Waals surface area contributed by atoms with E-state index in [9.17, 15) is 4.79 Å². The Labute approximate surface area is 125 Å². The Morgan fingerprint density at radius 1 is 1.24 bits per heavy atom. The van der Waals surface area contributed by atoms with E-state index in [2.05, 4.69) is 23.3 Å². The fourth-order valence-corrected chi connectivity index (χ4v) is 3.19. The number of hydrogen-bond donors (Lipinski definition) is 1. The Kier molecular flexibility index (Phi) is 3.97. The summed E-state index contributed by atoms with van der Waals surface area (Å²) in [6.07, 6.45) is 3.82. The van der Waals surface area contributed by atoms with Crippen LogP contribution in [0.5, 0.6) is 0 Å². The zero-order chi connectivity index (χ0) is 14.8. The number of likely N-dealkylation sites (N-methyl/N-ethyl adjacent to an activating group) is 1. The molecule has 1 aromatic heterocycles. The summed E-state index contributed by atoms with van der Waals surface area (Å²) in [6.45, 7) is 2.07. The molecule has 4 heteroatoms. The molecule has 1 saturated heterocycles. The molecule has 112 valence electrons. The molecule has 0 radical (unpaired) electrons. The Hall–Kier alpha value is -1.81. The van der Waals surface area contributed by atoms with E-state index in [4.69, 9.17) is 0 Å². The monoisotopic (exact) mass is 285 g/mol. The summed E-state index contributed by atoms with van der Waals surface area (Å²) in [5, 5.41) is 4.61. The summed E-state index contributed by atoms with van der Waals surface area (Å²) in [7, 11) is 4.01. The molecule has 3 rings (SSSR count). The third-order valence-electron chi connectivity index (χ3n) is 4.60. The molecule has 0 aliphatic carbocycles. The SMILES string of the molecule is CN1CCCCC1CNc1cc(=O)n(C)c2ccccc12. The highest BCUT2D eigenvalue weighted by molar-refractivity contribution is 5.91. The Bertz CT molecular complexity index is 692. The van der Waals surface area contributed by atoms with Gasteiger partial charge in [-0.2, -0.15) is 0 Å². The molecule has 0 spiro atoms. The van der Waals surface area contributed by atoms with Crippen LogP contribution in [0.15, 0.2) is 35.1 Å². The lowest BCUT2D eigenvalue weighted by molar-refractivity contribution is 0.195. The van der Waals surface area contributed by atoms with E-state index < -0.39 is 0 Å². The molecule has 2 aromatic rings. The molecule has 0 bridgehead atoms. The summed E-state index contributed by atoms with van der Waals surface area (Å²) >= 11 is 0. The third kappa shape index (κ3) is 2.81. The number of likely N-dealkylation sites (tertiary alicyclic amines) is 1. The van der Waals surface area contributed by atoms with E-state index in [0.29, 0.717) is 6.04 Å². The van der Waals surface area contributed by atoms with Gasteiger partial charge in [0.25, 0.3) is 5.56 Å². The number of hydrogen-bond acceptors (Lipinski definition) is 3. The van der Waals surface area contributed by atoms with E-state index >= 15 is 0 Å². The molecular formula is C17H23N3O. The normalized spacial score (nSPS) is 19.8. The largest absolute Gasteiger partial charge is 0.383 e. The fraction of sp³-hybridized carbons (Fsp3) is 0.471. The zero-order valence-electron chi connectivity index (χ0n) is 12.8. The number of fused-ring (bicyclic) bond motifs is 1. The van der Waals surface area contributed by atoms with Crippen molar-refractivity contribution in [3.05, 3.63) is 40.7 Å². The quantitative estimate of drug-likeness (QED) is 0.941. The highest BCUT2D eigenvalue weighted by atomic mass is 16.1. The highest BCUT2D eigenvalue weighted by Crippen LogP contribution is 2.22. The van der Waals surface area contributed by atoms with E-state index in [1.807, 2.05) is 25.2 Å². The molecular weight excluding hydrogens is 262 g/mol. The number of nitrogens with one attached hydrogen (secondary N) is 1. The number of aryl methyl sites for hydroxylation is 1. The van der Waals surface area contributed by atoms with Crippen LogP contribution < -0.4 is 10.9 Å². The summed E-state index contributed by atoms with van der Waals surface area (Å²) in [5.41, 5.74) is 1.96. The summed E-state index contributed by atoms with van der Waals surface area (Å²) < 4.78 is 1.70. The van der Waals surface area contributed by atoms with Crippen LogP contribution in [0.3, 0.4) is 0 Å². The Balaban J connectivity index is 1.87. The van der Waals surface area contributed by atoms with Crippen molar-refractivity contribution in [2.24, 2.45) is 7.05 Å². The van der Waals surface area contributed by atoms with Gasteiger partial charge in [-0.25, -0.2) is 0 Å². The minimum atomic E-state index is 0.0354. The second kappa shape index (κ2) is 5.90. The van der Waals surface area contributed by atoms with Gasteiger partial charge < -0.3 is 14.8 Å². The van der Waals surface area contributed by atoms with Gasteiger partial charge in [-0.3, -0.25) is 4.79 Å². The molecule has 1 atom stereocenters. The van der Waals surface area contributed by atoms with Crippen molar-refractivity contribution < 1.29 is 0 Å². The Morgan fingerprint density at radius 3 is 2.86 bits per heavy atom. The number of piperidine rings is 1. The molecule has 1 unspecified atom stereocenters. The van der Waals surface area contributed by atoms with E-state index in [1.54, 1.807) is 10.6 Å². The average Bonchev–Trinajstić information content (AvgIpc) is 2.51. The maximum Gasteiger partial charge on any atom is 0.252 e. The van der Waals surface area contributed by atoms with Gasteiger partial charge in [-0.05, 0) is 32.5 Å². The molecule has 1 aliphatic heterocycles. The van der Waals surface area contributed by atoms with Crippen LogP contribution in [0.1, 0.15) is 19.3 Å². The van der Waals surface area contributed by atoms with Crippen LogP contribution in [-0.4, -0.2) is 35.6 Å². The van der Waals surface area contributed by atoms with E-state index in [1.165, 1.54) is 25.8 Å². The number of benzene rings is 1. The zero-order valence-corrected chi connectivity index (χ0v) is 12.8. The van der Waals surface area contributed by atoms with Gasteiger partial charge in [0.15, 0.2) is 0 Å². The predicted octanol–water partition coefficient (Wildman–Crippen LogP) is 2.43. The number of rotatable bonds is 3. The third-order valence-corrected chi connectivity index (χ3v) is 4.60. The smallest absolute Gasteiger partial charge is 0.252 e. The first kappa shape index (κ1) is 14.1. The van der Waals surface area contributed by atoms with Gasteiger partial charge in [0.2, 0.25) is 0 Å². The van der Waals surface area contributed by atoms with Crippen molar-refractivity contribution in [1.82, 2.24) is 9.47 Å².